The molecule has 1 aromatic heterocycles. The van der Waals surface area contributed by atoms with E-state index in [2.05, 4.69) is 10.3 Å². The highest BCUT2D eigenvalue weighted by Gasteiger charge is 2.23. The van der Waals surface area contributed by atoms with Crippen molar-refractivity contribution in [2.24, 2.45) is 5.73 Å². The zero-order valence-corrected chi connectivity index (χ0v) is 15.0. The summed E-state index contributed by atoms with van der Waals surface area (Å²) in [6, 6.07) is 11.2. The molecule has 3 rings (SSSR count). The number of aldehydes is 1. The van der Waals surface area contributed by atoms with Crippen molar-refractivity contribution in [2.45, 2.75) is 18.4 Å². The third-order valence-electron chi connectivity index (χ3n) is 4.28. The lowest BCUT2D eigenvalue weighted by molar-refractivity contribution is -0.138. The van der Waals surface area contributed by atoms with Crippen LogP contribution >= 0.6 is 11.6 Å². The third kappa shape index (κ3) is 4.05. The fourth-order valence-corrected chi connectivity index (χ4v) is 3.16. The van der Waals surface area contributed by atoms with Crippen LogP contribution in [0, 0.1) is 0 Å². The smallest absolute Gasteiger partial charge is 0.320 e. The van der Waals surface area contributed by atoms with E-state index in [-0.39, 0.29) is 6.42 Å². The number of aromatic nitrogens is 3. The molecular weight excluding hydrogens is 368 g/mol. The maximum atomic E-state index is 12.1. The second-order valence-electron chi connectivity index (χ2n) is 6.01. The lowest BCUT2D eigenvalue weighted by Crippen LogP contribution is -2.32. The first kappa shape index (κ1) is 18.8. The second-order valence-corrected chi connectivity index (χ2v) is 6.45. The van der Waals surface area contributed by atoms with Crippen molar-refractivity contribution in [1.82, 2.24) is 15.0 Å². The number of nitrogens with two attached hydrogens (primary N) is 1. The van der Waals surface area contributed by atoms with Gasteiger partial charge in [-0.2, -0.15) is 0 Å². The van der Waals surface area contributed by atoms with Crippen molar-refractivity contribution in [2.75, 3.05) is 0 Å². The van der Waals surface area contributed by atoms with E-state index in [1.807, 2.05) is 0 Å². The van der Waals surface area contributed by atoms with E-state index in [1.54, 1.807) is 53.3 Å². The Morgan fingerprint density at radius 3 is 2.70 bits per heavy atom. The summed E-state index contributed by atoms with van der Waals surface area (Å²) in [7, 11) is 0. The van der Waals surface area contributed by atoms with Crippen molar-refractivity contribution in [3.8, 4) is 5.69 Å². The summed E-state index contributed by atoms with van der Waals surface area (Å²) < 4.78 is 1.55. The average molecular weight is 385 g/mol. The number of halogens is 1. The number of benzene rings is 2. The summed E-state index contributed by atoms with van der Waals surface area (Å²) in [6.45, 7) is 0. The molecule has 0 aliphatic heterocycles. The molecule has 2 aromatic carbocycles. The van der Waals surface area contributed by atoms with Crippen LogP contribution in [0.1, 0.15) is 22.6 Å². The summed E-state index contributed by atoms with van der Waals surface area (Å²) in [6.07, 6.45) is 4.11. The predicted octanol–water partition coefficient (Wildman–Crippen LogP) is 2.21. The molecule has 0 saturated heterocycles. The van der Waals surface area contributed by atoms with Crippen LogP contribution in [0.4, 0.5) is 0 Å². The van der Waals surface area contributed by atoms with Gasteiger partial charge in [-0.1, -0.05) is 41.1 Å². The quantitative estimate of drug-likeness (QED) is 0.604. The maximum absolute atomic E-state index is 12.1. The summed E-state index contributed by atoms with van der Waals surface area (Å²) in [5, 5.41) is 17.4. The van der Waals surface area contributed by atoms with Crippen LogP contribution < -0.4 is 5.73 Å². The highest BCUT2D eigenvalue weighted by atomic mass is 35.5. The fraction of sp³-hybridized carbons (Fsp3) is 0.158. The minimum Gasteiger partial charge on any atom is -0.480 e. The fourth-order valence-electron chi connectivity index (χ4n) is 2.98. The number of carbonyl (C=O) groups excluding carboxylic acids is 1. The molecular formula is C19H17ClN4O3. The Morgan fingerprint density at radius 2 is 2.04 bits per heavy atom. The van der Waals surface area contributed by atoms with Crippen molar-refractivity contribution in [3.63, 3.8) is 0 Å². The van der Waals surface area contributed by atoms with E-state index in [0.717, 1.165) is 6.29 Å². The molecule has 0 radical (unpaired) electrons. The summed E-state index contributed by atoms with van der Waals surface area (Å²) in [5.41, 5.74) is 8.36. The molecule has 0 bridgehead atoms. The van der Waals surface area contributed by atoms with Crippen LogP contribution in [0.15, 0.2) is 54.9 Å². The number of rotatable bonds is 7. The van der Waals surface area contributed by atoms with Crippen LogP contribution in [-0.4, -0.2) is 38.4 Å². The van der Waals surface area contributed by atoms with Gasteiger partial charge in [-0.15, -0.1) is 5.10 Å². The maximum Gasteiger partial charge on any atom is 0.320 e. The molecule has 0 saturated carbocycles. The van der Waals surface area contributed by atoms with Gasteiger partial charge in [0.2, 0.25) is 0 Å². The van der Waals surface area contributed by atoms with Gasteiger partial charge in [0.25, 0.3) is 0 Å². The lowest BCUT2D eigenvalue weighted by atomic mass is 9.86. The molecule has 2 atom stereocenters. The number of carboxylic acid groups (broad SMARTS) is 1. The first-order chi connectivity index (χ1) is 13.0. The highest BCUT2D eigenvalue weighted by Crippen LogP contribution is 2.32. The zero-order chi connectivity index (χ0) is 19.4. The minimum absolute atomic E-state index is 0.106. The van der Waals surface area contributed by atoms with Crippen LogP contribution in [0.3, 0.4) is 0 Å². The number of aliphatic carboxylic acids is 1. The Morgan fingerprint density at radius 1 is 1.26 bits per heavy atom. The van der Waals surface area contributed by atoms with Gasteiger partial charge in [-0.25, -0.2) is 4.68 Å². The molecule has 0 spiro atoms. The van der Waals surface area contributed by atoms with Crippen molar-refractivity contribution in [3.05, 3.63) is 76.6 Å². The predicted molar refractivity (Wildman–Crippen MR) is 100 cm³/mol. The molecule has 1 heterocycles. The molecule has 2 unspecified atom stereocenters. The van der Waals surface area contributed by atoms with Crippen molar-refractivity contribution >= 4 is 23.9 Å². The second kappa shape index (κ2) is 8.11. The summed E-state index contributed by atoms with van der Waals surface area (Å²) >= 11 is 6.17. The van der Waals surface area contributed by atoms with Crippen molar-refractivity contribution in [1.29, 1.82) is 0 Å². The summed E-state index contributed by atoms with van der Waals surface area (Å²) in [5.74, 6) is -1.77. The number of hydrogen-bond donors (Lipinski definition) is 2. The highest BCUT2D eigenvalue weighted by molar-refractivity contribution is 6.30. The molecule has 0 fully saturated rings. The largest absolute Gasteiger partial charge is 0.480 e. The normalized spacial score (nSPS) is 13.1. The zero-order valence-electron chi connectivity index (χ0n) is 14.2. The first-order valence-electron chi connectivity index (χ1n) is 8.19. The van der Waals surface area contributed by atoms with Crippen LogP contribution in [0.25, 0.3) is 5.69 Å². The average Bonchev–Trinajstić information content (AvgIpc) is 3.18. The van der Waals surface area contributed by atoms with E-state index >= 15 is 0 Å². The number of carboxylic acids is 1. The van der Waals surface area contributed by atoms with Gasteiger partial charge in [0.05, 0.1) is 24.0 Å². The molecule has 0 aliphatic carbocycles. The molecule has 27 heavy (non-hydrogen) atoms. The van der Waals surface area contributed by atoms with E-state index < -0.39 is 17.9 Å². The number of nitrogens with zero attached hydrogens (tertiary/aromatic N) is 3. The minimum atomic E-state index is -1.10. The first-order valence-corrected chi connectivity index (χ1v) is 8.56. The molecule has 8 heteroatoms. The number of hydrogen-bond acceptors (Lipinski definition) is 5. The third-order valence-corrected chi connectivity index (χ3v) is 4.51. The Kier molecular flexibility index (Phi) is 5.63. The van der Waals surface area contributed by atoms with Gasteiger partial charge in [-0.3, -0.25) is 4.79 Å². The van der Waals surface area contributed by atoms with Crippen LogP contribution in [0.5, 0.6) is 0 Å². The lowest BCUT2D eigenvalue weighted by Gasteiger charge is -2.20. The summed E-state index contributed by atoms with van der Waals surface area (Å²) in [4.78, 5) is 23.2. The van der Waals surface area contributed by atoms with Crippen molar-refractivity contribution < 1.29 is 14.7 Å². The Hall–Kier alpha value is -3.03. The van der Waals surface area contributed by atoms with Gasteiger partial charge < -0.3 is 15.6 Å². The standard InChI is InChI=1S/C19H17ClN4O3/c20-13-5-6-18(24-8-7-22-23-24)15(10-13)16(11-25)14-4-2-1-3-12(14)9-17(21)19(26)27/h1-8,10-11,16-17H,9,21H2,(H,26,27). The SMILES string of the molecule is NC(Cc1ccccc1C(C=O)c1cc(Cl)ccc1-n1ccnn1)C(=O)O. The molecule has 0 aliphatic rings. The van der Waals surface area contributed by atoms with Gasteiger partial charge in [0, 0.05) is 5.02 Å². The van der Waals surface area contributed by atoms with Gasteiger partial charge >= 0.3 is 5.97 Å². The molecule has 3 N–H and O–H groups in total. The van der Waals surface area contributed by atoms with Crippen LogP contribution in [0.2, 0.25) is 5.02 Å². The monoisotopic (exact) mass is 384 g/mol. The van der Waals surface area contributed by atoms with E-state index in [1.165, 1.54) is 6.20 Å². The Balaban J connectivity index is 2.11. The van der Waals surface area contributed by atoms with E-state index in [4.69, 9.17) is 22.4 Å². The van der Waals surface area contributed by atoms with Gasteiger partial charge in [0.1, 0.15) is 12.3 Å². The topological polar surface area (TPSA) is 111 Å². The van der Waals surface area contributed by atoms with Gasteiger partial charge in [-0.05, 0) is 41.3 Å². The van der Waals surface area contributed by atoms with Crippen LogP contribution in [-0.2, 0) is 16.0 Å². The molecule has 138 valence electrons. The van der Waals surface area contributed by atoms with E-state index in [0.29, 0.717) is 27.4 Å². The Bertz CT molecular complexity index is 959. The van der Waals surface area contributed by atoms with Gasteiger partial charge in [0.15, 0.2) is 0 Å². The number of carbonyl (C=O) groups is 2. The molecule has 3 aromatic rings. The molecule has 7 nitrogen and oxygen atoms in total. The van der Waals surface area contributed by atoms with E-state index in [9.17, 15) is 9.59 Å². The Labute approximate surface area is 160 Å². The molecule has 0 amide bonds.